The summed E-state index contributed by atoms with van der Waals surface area (Å²) in [5.74, 6) is 0.508. The van der Waals surface area contributed by atoms with E-state index in [-0.39, 0.29) is 18.3 Å². The first-order valence-corrected chi connectivity index (χ1v) is 8.74. The van der Waals surface area contributed by atoms with Crippen LogP contribution in [-0.4, -0.2) is 21.5 Å². The highest BCUT2D eigenvalue weighted by Crippen LogP contribution is 2.34. The van der Waals surface area contributed by atoms with Gasteiger partial charge in [0.2, 0.25) is 11.9 Å². The number of carbonyl (C=O) groups excluding carboxylic acids is 1. The minimum atomic E-state index is -0.473. The molecule has 0 bridgehead atoms. The molecular formula is C18H27ClN4O. The molecule has 0 radical (unpaired) electrons. The zero-order chi connectivity index (χ0) is 16.2. The molecule has 0 spiro atoms. The number of para-hydroxylation sites is 2. The van der Waals surface area contributed by atoms with Crippen molar-refractivity contribution in [2.75, 3.05) is 5.32 Å². The zero-order valence-electron chi connectivity index (χ0n) is 14.2. The lowest BCUT2D eigenvalue weighted by Crippen LogP contribution is -2.36. The average molecular weight is 351 g/mol. The van der Waals surface area contributed by atoms with E-state index in [1.165, 1.54) is 19.3 Å². The van der Waals surface area contributed by atoms with Crippen LogP contribution in [0, 0.1) is 0 Å². The number of fused-ring (bicyclic) bond motifs is 1. The highest BCUT2D eigenvalue weighted by molar-refractivity contribution is 5.95. The molecule has 1 aliphatic rings. The summed E-state index contributed by atoms with van der Waals surface area (Å²) in [7, 11) is 0. The maximum Gasteiger partial charge on any atom is 0.243 e. The molecule has 1 aromatic heterocycles. The van der Waals surface area contributed by atoms with Crippen LogP contribution in [0.25, 0.3) is 11.0 Å². The molecule has 0 saturated heterocycles. The average Bonchev–Trinajstić information content (AvgIpc) is 2.93. The molecule has 3 rings (SSSR count). The predicted octanol–water partition coefficient (Wildman–Crippen LogP) is 4.03. The first-order valence-electron chi connectivity index (χ1n) is 8.74. The molecule has 5 nitrogen and oxygen atoms in total. The van der Waals surface area contributed by atoms with Gasteiger partial charge in [-0.15, -0.1) is 12.4 Å². The number of anilines is 1. The van der Waals surface area contributed by atoms with E-state index >= 15 is 0 Å². The summed E-state index contributed by atoms with van der Waals surface area (Å²) in [5.41, 5.74) is 7.97. The normalized spacial score (nSPS) is 16.6. The topological polar surface area (TPSA) is 72.9 Å². The van der Waals surface area contributed by atoms with Gasteiger partial charge in [-0.2, -0.15) is 0 Å². The van der Waals surface area contributed by atoms with Crippen LogP contribution in [0.2, 0.25) is 0 Å². The van der Waals surface area contributed by atoms with Crippen molar-refractivity contribution in [1.29, 1.82) is 0 Å². The van der Waals surface area contributed by atoms with Crippen molar-refractivity contribution in [3.8, 4) is 0 Å². The SMILES string of the molecule is CCCC(N)C(=O)Nc1nc2ccccc2n1C1CCCCC1.Cl. The Bertz CT molecular complexity index is 679. The molecule has 132 valence electrons. The van der Waals surface area contributed by atoms with Crippen LogP contribution >= 0.6 is 12.4 Å². The van der Waals surface area contributed by atoms with Crippen molar-refractivity contribution in [2.45, 2.75) is 64.0 Å². The van der Waals surface area contributed by atoms with E-state index < -0.39 is 6.04 Å². The summed E-state index contributed by atoms with van der Waals surface area (Å²) in [6.45, 7) is 2.03. The molecule has 3 N–H and O–H groups in total. The molecule has 1 aromatic carbocycles. The number of nitrogens with one attached hydrogen (secondary N) is 1. The first-order chi connectivity index (χ1) is 11.2. The van der Waals surface area contributed by atoms with E-state index in [0.717, 1.165) is 30.3 Å². The summed E-state index contributed by atoms with van der Waals surface area (Å²) in [6, 6.07) is 8.02. The van der Waals surface area contributed by atoms with Crippen molar-refractivity contribution in [3.63, 3.8) is 0 Å². The number of nitrogens with two attached hydrogens (primary N) is 1. The predicted molar refractivity (Wildman–Crippen MR) is 101 cm³/mol. The number of hydrogen-bond acceptors (Lipinski definition) is 3. The van der Waals surface area contributed by atoms with Crippen LogP contribution in [0.1, 0.15) is 57.9 Å². The second-order valence-electron chi connectivity index (χ2n) is 6.47. The third-order valence-corrected chi connectivity index (χ3v) is 4.71. The fraction of sp³-hybridized carbons (Fsp3) is 0.556. The minimum Gasteiger partial charge on any atom is -0.320 e. The maximum absolute atomic E-state index is 12.3. The van der Waals surface area contributed by atoms with Crippen molar-refractivity contribution in [3.05, 3.63) is 24.3 Å². The number of nitrogens with zero attached hydrogens (tertiary/aromatic N) is 2. The molecule has 0 aliphatic heterocycles. The number of aromatic nitrogens is 2. The lowest BCUT2D eigenvalue weighted by atomic mass is 9.95. The Morgan fingerprint density at radius 2 is 2.04 bits per heavy atom. The van der Waals surface area contributed by atoms with E-state index in [0.29, 0.717) is 18.4 Å². The fourth-order valence-electron chi connectivity index (χ4n) is 3.49. The maximum atomic E-state index is 12.3. The van der Waals surface area contributed by atoms with Crippen LogP contribution in [0.15, 0.2) is 24.3 Å². The lowest BCUT2D eigenvalue weighted by molar-refractivity contribution is -0.117. The molecule has 1 aliphatic carbocycles. The van der Waals surface area contributed by atoms with Crippen LogP contribution in [0.5, 0.6) is 0 Å². The Kier molecular flexibility index (Phi) is 6.63. The third kappa shape index (κ3) is 3.90. The number of rotatable bonds is 5. The summed E-state index contributed by atoms with van der Waals surface area (Å²) in [6.07, 6.45) is 7.64. The molecule has 1 atom stereocenters. The summed E-state index contributed by atoms with van der Waals surface area (Å²) in [5, 5.41) is 2.97. The Morgan fingerprint density at radius 1 is 1.33 bits per heavy atom. The smallest absolute Gasteiger partial charge is 0.243 e. The van der Waals surface area contributed by atoms with Crippen molar-refractivity contribution in [2.24, 2.45) is 5.73 Å². The van der Waals surface area contributed by atoms with Gasteiger partial charge in [0.05, 0.1) is 17.1 Å². The van der Waals surface area contributed by atoms with Crippen LogP contribution in [0.4, 0.5) is 5.95 Å². The molecule has 1 amide bonds. The lowest BCUT2D eigenvalue weighted by Gasteiger charge is -2.25. The Hall–Kier alpha value is -1.59. The van der Waals surface area contributed by atoms with Gasteiger partial charge in [0, 0.05) is 6.04 Å². The number of benzene rings is 1. The van der Waals surface area contributed by atoms with E-state index in [1.54, 1.807) is 0 Å². The van der Waals surface area contributed by atoms with Crippen molar-refractivity contribution >= 4 is 35.3 Å². The van der Waals surface area contributed by atoms with Gasteiger partial charge < -0.3 is 10.3 Å². The van der Waals surface area contributed by atoms with E-state index in [4.69, 9.17) is 5.73 Å². The van der Waals surface area contributed by atoms with Gasteiger partial charge in [0.25, 0.3) is 0 Å². The van der Waals surface area contributed by atoms with Gasteiger partial charge >= 0.3 is 0 Å². The van der Waals surface area contributed by atoms with Crippen molar-refractivity contribution < 1.29 is 4.79 Å². The number of amides is 1. The van der Waals surface area contributed by atoms with Crippen LogP contribution < -0.4 is 11.1 Å². The largest absolute Gasteiger partial charge is 0.320 e. The third-order valence-electron chi connectivity index (χ3n) is 4.71. The van der Waals surface area contributed by atoms with Gasteiger partial charge in [-0.25, -0.2) is 4.98 Å². The van der Waals surface area contributed by atoms with Gasteiger partial charge in [0.1, 0.15) is 0 Å². The number of carbonyl (C=O) groups is 1. The highest BCUT2D eigenvalue weighted by atomic mass is 35.5. The highest BCUT2D eigenvalue weighted by Gasteiger charge is 2.23. The second kappa shape index (κ2) is 8.49. The Labute approximate surface area is 149 Å². The fourth-order valence-corrected chi connectivity index (χ4v) is 3.49. The number of imidazole rings is 1. The molecule has 1 heterocycles. The Morgan fingerprint density at radius 3 is 2.75 bits per heavy atom. The molecule has 1 saturated carbocycles. The number of hydrogen-bond donors (Lipinski definition) is 2. The van der Waals surface area contributed by atoms with Gasteiger partial charge in [0.15, 0.2) is 0 Å². The second-order valence-corrected chi connectivity index (χ2v) is 6.47. The molecule has 1 fully saturated rings. The van der Waals surface area contributed by atoms with Gasteiger partial charge in [-0.05, 0) is 31.4 Å². The molecule has 6 heteroatoms. The minimum absolute atomic E-state index is 0. The molecule has 1 unspecified atom stereocenters. The number of halogens is 1. The van der Waals surface area contributed by atoms with E-state index in [9.17, 15) is 4.79 Å². The molecule has 2 aromatic rings. The zero-order valence-corrected chi connectivity index (χ0v) is 15.0. The first kappa shape index (κ1) is 18.7. The molecular weight excluding hydrogens is 324 g/mol. The van der Waals surface area contributed by atoms with Crippen LogP contribution in [-0.2, 0) is 4.79 Å². The summed E-state index contributed by atoms with van der Waals surface area (Å²) >= 11 is 0. The van der Waals surface area contributed by atoms with Gasteiger partial charge in [-0.1, -0.05) is 44.7 Å². The summed E-state index contributed by atoms with van der Waals surface area (Å²) < 4.78 is 2.21. The van der Waals surface area contributed by atoms with Crippen LogP contribution in [0.3, 0.4) is 0 Å². The quantitative estimate of drug-likeness (QED) is 0.855. The standard InChI is InChI=1S/C18H26N4O.ClH/c1-2-8-14(19)17(23)21-18-20-15-11-6-7-12-16(15)22(18)13-9-4-3-5-10-13;/h6-7,11-14H,2-5,8-10,19H2,1H3,(H,20,21,23);1H. The van der Waals surface area contributed by atoms with Crippen molar-refractivity contribution in [1.82, 2.24) is 9.55 Å². The van der Waals surface area contributed by atoms with E-state index in [2.05, 4.69) is 20.9 Å². The summed E-state index contributed by atoms with van der Waals surface area (Å²) in [4.78, 5) is 17.0. The van der Waals surface area contributed by atoms with Gasteiger partial charge in [-0.3, -0.25) is 10.1 Å². The monoisotopic (exact) mass is 350 g/mol. The van der Waals surface area contributed by atoms with E-state index in [1.807, 2.05) is 25.1 Å². The molecule has 24 heavy (non-hydrogen) atoms. The Balaban J connectivity index is 0.00000208.